The molecular formula is C10H15N5O2S. The van der Waals surface area contributed by atoms with E-state index in [1.54, 1.807) is 36.6 Å². The Hall–Kier alpha value is -1.67. The molecule has 1 atom stereocenters. The fraction of sp³-hybridized carbons (Fsp3) is 0.400. The van der Waals surface area contributed by atoms with E-state index < -0.39 is 12.0 Å². The highest BCUT2D eigenvalue weighted by atomic mass is 32.2. The number of hydrogen-bond acceptors (Lipinski definition) is 6. The lowest BCUT2D eigenvalue weighted by Gasteiger charge is -2.11. The zero-order valence-corrected chi connectivity index (χ0v) is 10.7. The van der Waals surface area contributed by atoms with Crippen molar-refractivity contribution in [1.82, 2.24) is 9.99 Å². The maximum Gasteiger partial charge on any atom is 0.321 e. The third kappa shape index (κ3) is 5.60. The average Bonchev–Trinajstić information content (AvgIpc) is 2.37. The Labute approximate surface area is 109 Å². The van der Waals surface area contributed by atoms with Gasteiger partial charge in [0.2, 0.25) is 0 Å². The van der Waals surface area contributed by atoms with Gasteiger partial charge in [0.25, 0.3) is 0 Å². The Morgan fingerprint density at radius 3 is 3.11 bits per heavy atom. The van der Waals surface area contributed by atoms with Crippen LogP contribution in [-0.4, -0.2) is 45.8 Å². The molecule has 0 bridgehead atoms. The number of nitrogens with zero attached hydrogens (tertiary/aromatic N) is 4. The van der Waals surface area contributed by atoms with Gasteiger partial charge >= 0.3 is 5.97 Å². The Bertz CT molecular complexity index is 401. The van der Waals surface area contributed by atoms with E-state index >= 15 is 0 Å². The topological polar surface area (TPSA) is 104 Å². The van der Waals surface area contributed by atoms with Crippen molar-refractivity contribution in [3.05, 3.63) is 24.5 Å². The summed E-state index contributed by atoms with van der Waals surface area (Å²) in [5.41, 5.74) is 6.03. The summed E-state index contributed by atoms with van der Waals surface area (Å²) in [6, 6.07) is 2.71. The van der Waals surface area contributed by atoms with E-state index in [0.717, 1.165) is 0 Å². The molecule has 1 rings (SSSR count). The lowest BCUT2D eigenvalue weighted by atomic mass is 10.4. The molecule has 0 fully saturated rings. The Morgan fingerprint density at radius 2 is 2.50 bits per heavy atom. The number of pyridine rings is 1. The van der Waals surface area contributed by atoms with Gasteiger partial charge in [0.15, 0.2) is 0 Å². The van der Waals surface area contributed by atoms with Gasteiger partial charge in [-0.3, -0.25) is 14.8 Å². The number of carboxylic acid groups (broad SMARTS) is 1. The van der Waals surface area contributed by atoms with Crippen molar-refractivity contribution in [2.45, 2.75) is 6.04 Å². The maximum atomic E-state index is 10.5. The van der Waals surface area contributed by atoms with E-state index in [9.17, 15) is 4.79 Å². The van der Waals surface area contributed by atoms with Crippen LogP contribution in [0.15, 0.2) is 34.9 Å². The number of aliphatic carboxylic acids is 1. The van der Waals surface area contributed by atoms with Crippen LogP contribution < -0.4 is 5.73 Å². The molecule has 1 unspecified atom stereocenters. The van der Waals surface area contributed by atoms with Gasteiger partial charge in [0.1, 0.15) is 11.7 Å². The zero-order valence-electron chi connectivity index (χ0n) is 9.93. The van der Waals surface area contributed by atoms with Gasteiger partial charge in [0, 0.05) is 19.0 Å². The average molecular weight is 269 g/mol. The fourth-order valence-electron chi connectivity index (χ4n) is 0.950. The summed E-state index contributed by atoms with van der Waals surface area (Å²) in [6.45, 7) is 0. The van der Waals surface area contributed by atoms with Crippen molar-refractivity contribution in [1.29, 1.82) is 0 Å². The second-order valence-electron chi connectivity index (χ2n) is 3.50. The molecule has 0 aliphatic rings. The van der Waals surface area contributed by atoms with Gasteiger partial charge in [0.05, 0.1) is 12.1 Å². The largest absolute Gasteiger partial charge is 0.480 e. The van der Waals surface area contributed by atoms with Gasteiger partial charge in [-0.1, -0.05) is 5.22 Å². The maximum absolute atomic E-state index is 10.5. The van der Waals surface area contributed by atoms with Crippen molar-refractivity contribution in [3.8, 4) is 0 Å². The van der Waals surface area contributed by atoms with E-state index in [4.69, 9.17) is 10.8 Å². The van der Waals surface area contributed by atoms with E-state index in [1.807, 2.05) is 0 Å². The van der Waals surface area contributed by atoms with Crippen LogP contribution in [0.25, 0.3) is 0 Å². The predicted octanol–water partition coefficient (Wildman–Crippen LogP) is 1.11. The first kappa shape index (κ1) is 14.4. The number of hydrogen-bond donors (Lipinski definition) is 2. The molecule has 3 N–H and O–H groups in total. The van der Waals surface area contributed by atoms with Crippen LogP contribution in [0.5, 0.6) is 0 Å². The Kier molecular flexibility index (Phi) is 6.09. The molecule has 0 aliphatic carbocycles. The van der Waals surface area contributed by atoms with Crippen LogP contribution in [0.3, 0.4) is 0 Å². The minimum atomic E-state index is -0.998. The van der Waals surface area contributed by atoms with E-state index in [2.05, 4.69) is 15.3 Å². The highest BCUT2D eigenvalue weighted by Crippen LogP contribution is 2.10. The van der Waals surface area contributed by atoms with E-state index in [-0.39, 0.29) is 0 Å². The lowest BCUT2D eigenvalue weighted by Crippen LogP contribution is -2.33. The summed E-state index contributed by atoms with van der Waals surface area (Å²) in [6.07, 6.45) is 3.26. The van der Waals surface area contributed by atoms with Gasteiger partial charge in [-0.25, -0.2) is 0 Å². The first-order valence-corrected chi connectivity index (χ1v) is 6.34. The van der Waals surface area contributed by atoms with Crippen LogP contribution >= 0.6 is 11.8 Å². The molecular weight excluding hydrogens is 254 g/mol. The molecule has 98 valence electrons. The smallest absolute Gasteiger partial charge is 0.321 e. The number of aromatic nitrogens is 1. The number of thioether (sulfide) groups is 1. The van der Waals surface area contributed by atoms with E-state index in [1.165, 1.54) is 11.8 Å². The van der Waals surface area contributed by atoms with Gasteiger partial charge < -0.3 is 10.8 Å². The van der Waals surface area contributed by atoms with Crippen LogP contribution in [-0.2, 0) is 4.79 Å². The van der Waals surface area contributed by atoms with Gasteiger partial charge in [-0.05, 0) is 12.1 Å². The fourth-order valence-corrected chi connectivity index (χ4v) is 1.77. The molecule has 0 aromatic carbocycles. The normalized spacial score (nSPS) is 12.6. The third-order valence-electron chi connectivity index (χ3n) is 1.85. The van der Waals surface area contributed by atoms with Crippen molar-refractivity contribution in [2.75, 3.05) is 18.7 Å². The molecule has 0 radical (unpaired) electrons. The molecule has 0 aliphatic heterocycles. The molecule has 0 saturated carbocycles. The summed E-state index contributed by atoms with van der Waals surface area (Å²) < 4.78 is 0. The number of nitrogens with two attached hydrogens (primary N) is 1. The van der Waals surface area contributed by atoms with Crippen molar-refractivity contribution in [2.24, 2.45) is 16.1 Å². The minimum absolute atomic E-state index is 0.335. The molecule has 0 spiro atoms. The van der Waals surface area contributed by atoms with Gasteiger partial charge in [-0.2, -0.15) is 0 Å². The second-order valence-corrected chi connectivity index (χ2v) is 4.50. The number of carboxylic acids is 1. The van der Waals surface area contributed by atoms with Crippen LogP contribution in [0.4, 0.5) is 5.69 Å². The Balaban J connectivity index is 2.27. The molecule has 1 aromatic rings. The summed E-state index contributed by atoms with van der Waals surface area (Å²) in [5.74, 6) is -0.144. The molecule has 0 amide bonds. The van der Waals surface area contributed by atoms with E-state index in [0.29, 0.717) is 17.3 Å². The lowest BCUT2D eigenvalue weighted by molar-refractivity contribution is -0.137. The molecule has 18 heavy (non-hydrogen) atoms. The first-order chi connectivity index (χ1) is 8.59. The van der Waals surface area contributed by atoms with Gasteiger partial charge in [-0.15, -0.1) is 16.9 Å². The highest BCUT2D eigenvalue weighted by molar-refractivity contribution is 7.99. The summed E-state index contributed by atoms with van der Waals surface area (Å²) in [4.78, 5) is 14.4. The van der Waals surface area contributed by atoms with Crippen molar-refractivity contribution < 1.29 is 9.90 Å². The second kappa shape index (κ2) is 7.62. The van der Waals surface area contributed by atoms with Crippen molar-refractivity contribution in [3.63, 3.8) is 0 Å². The summed E-state index contributed by atoms with van der Waals surface area (Å²) >= 11 is 1.38. The van der Waals surface area contributed by atoms with Crippen molar-refractivity contribution >= 4 is 23.4 Å². The zero-order chi connectivity index (χ0) is 13.4. The monoisotopic (exact) mass is 269 g/mol. The summed E-state index contributed by atoms with van der Waals surface area (Å²) in [7, 11) is 1.75. The number of carbonyl (C=O) groups is 1. The Morgan fingerprint density at radius 1 is 1.72 bits per heavy atom. The first-order valence-electron chi connectivity index (χ1n) is 5.18. The standard InChI is InChI=1S/C10H15N5O2S/c1-15(7-18-6-9(11)10(16)17)14-13-8-3-2-4-12-5-8/h2-5,9H,6-7,11H2,1H3,(H,16,17). The molecule has 1 aromatic heterocycles. The summed E-state index contributed by atoms with van der Waals surface area (Å²) in [5, 5.41) is 18.1. The van der Waals surface area contributed by atoms with Crippen LogP contribution in [0.2, 0.25) is 0 Å². The van der Waals surface area contributed by atoms with Crippen LogP contribution in [0, 0.1) is 0 Å². The van der Waals surface area contributed by atoms with Crippen LogP contribution in [0.1, 0.15) is 0 Å². The quantitative estimate of drug-likeness (QED) is 0.436. The number of rotatable bonds is 7. The molecule has 1 heterocycles. The molecule has 0 saturated heterocycles. The molecule has 8 heteroatoms. The highest BCUT2D eigenvalue weighted by Gasteiger charge is 2.10. The minimum Gasteiger partial charge on any atom is -0.480 e. The third-order valence-corrected chi connectivity index (χ3v) is 3.00. The predicted molar refractivity (Wildman–Crippen MR) is 69.5 cm³/mol. The SMILES string of the molecule is CN(CSCC(N)C(=O)O)N=Nc1cccnc1. The molecule has 7 nitrogen and oxygen atoms in total.